The third-order valence-electron chi connectivity index (χ3n) is 3.59. The summed E-state index contributed by atoms with van der Waals surface area (Å²) in [4.78, 5) is 27.2. The van der Waals surface area contributed by atoms with E-state index < -0.39 is 5.69 Å². The van der Waals surface area contributed by atoms with Crippen LogP contribution in [0.25, 0.3) is 0 Å². The van der Waals surface area contributed by atoms with Crippen LogP contribution in [0.3, 0.4) is 0 Å². The van der Waals surface area contributed by atoms with Gasteiger partial charge in [-0.05, 0) is 24.0 Å². The van der Waals surface area contributed by atoms with Gasteiger partial charge in [-0.15, -0.1) is 5.10 Å². The van der Waals surface area contributed by atoms with Gasteiger partial charge in [0.2, 0.25) is 5.82 Å². The molecule has 1 aliphatic carbocycles. The number of benzene rings is 1. The predicted octanol–water partition coefficient (Wildman–Crippen LogP) is 0.858. The van der Waals surface area contributed by atoms with Gasteiger partial charge in [-0.25, -0.2) is 9.89 Å². The van der Waals surface area contributed by atoms with Gasteiger partial charge in [0.05, 0.1) is 6.04 Å². The number of aromatic nitrogens is 3. The lowest BCUT2D eigenvalue weighted by Gasteiger charge is -2.24. The van der Waals surface area contributed by atoms with E-state index in [9.17, 15) is 9.59 Å². The molecular formula is C13H14N4O2. The molecule has 2 aromatic rings. The Bertz CT molecular complexity index is 673. The predicted molar refractivity (Wildman–Crippen MR) is 68.8 cm³/mol. The van der Waals surface area contributed by atoms with Crippen molar-refractivity contribution in [3.05, 3.63) is 51.7 Å². The number of fused-ring (bicyclic) bond motifs is 1. The van der Waals surface area contributed by atoms with Crippen molar-refractivity contribution in [2.75, 3.05) is 7.05 Å². The number of hydrogen-bond donors (Lipinski definition) is 2. The number of rotatable bonds is 2. The van der Waals surface area contributed by atoms with Crippen LogP contribution in [-0.4, -0.2) is 33.0 Å². The second-order valence-corrected chi connectivity index (χ2v) is 4.70. The fourth-order valence-electron chi connectivity index (χ4n) is 2.62. The summed E-state index contributed by atoms with van der Waals surface area (Å²) in [5.74, 6) is -0.225. The van der Waals surface area contributed by atoms with E-state index in [1.807, 2.05) is 18.2 Å². The number of amides is 1. The van der Waals surface area contributed by atoms with Gasteiger partial charge in [0, 0.05) is 7.05 Å². The van der Waals surface area contributed by atoms with Crippen molar-refractivity contribution in [2.45, 2.75) is 18.9 Å². The second kappa shape index (κ2) is 4.38. The molecule has 6 nitrogen and oxygen atoms in total. The number of aromatic amines is 2. The van der Waals surface area contributed by atoms with Crippen molar-refractivity contribution in [1.29, 1.82) is 0 Å². The highest BCUT2D eigenvalue weighted by atomic mass is 16.2. The van der Waals surface area contributed by atoms with Crippen LogP contribution in [0.2, 0.25) is 0 Å². The van der Waals surface area contributed by atoms with Crippen LogP contribution in [0.4, 0.5) is 0 Å². The molecule has 0 saturated carbocycles. The van der Waals surface area contributed by atoms with E-state index in [0.29, 0.717) is 0 Å². The Hall–Kier alpha value is -2.37. The molecule has 1 amide bonds. The quantitative estimate of drug-likeness (QED) is 0.838. The minimum Gasteiger partial charge on any atom is -0.332 e. The zero-order valence-electron chi connectivity index (χ0n) is 10.5. The van der Waals surface area contributed by atoms with Crippen LogP contribution in [0, 0.1) is 0 Å². The molecular weight excluding hydrogens is 244 g/mol. The van der Waals surface area contributed by atoms with Gasteiger partial charge in [-0.2, -0.15) is 0 Å². The van der Waals surface area contributed by atoms with Gasteiger partial charge >= 0.3 is 5.69 Å². The van der Waals surface area contributed by atoms with Gasteiger partial charge < -0.3 is 4.90 Å². The molecule has 1 atom stereocenters. The summed E-state index contributed by atoms with van der Waals surface area (Å²) in [7, 11) is 1.74. The Morgan fingerprint density at radius 2 is 2.21 bits per heavy atom. The lowest BCUT2D eigenvalue weighted by atomic mass is 10.1. The Labute approximate surface area is 109 Å². The number of carbonyl (C=O) groups excluding carboxylic acids is 1. The molecule has 3 rings (SSSR count). The van der Waals surface area contributed by atoms with E-state index in [-0.39, 0.29) is 17.8 Å². The SMILES string of the molecule is CN(C(=O)c1n[nH]c(=O)[nH]1)[C@H]1CCc2ccccc21. The van der Waals surface area contributed by atoms with E-state index in [1.54, 1.807) is 11.9 Å². The van der Waals surface area contributed by atoms with Gasteiger partial charge in [-0.3, -0.25) is 9.78 Å². The molecule has 6 heteroatoms. The number of hydrogen-bond acceptors (Lipinski definition) is 3. The smallest absolute Gasteiger partial charge is 0.332 e. The maximum Gasteiger partial charge on any atom is 0.341 e. The molecule has 0 radical (unpaired) electrons. The summed E-state index contributed by atoms with van der Waals surface area (Å²) in [6, 6.07) is 8.16. The van der Waals surface area contributed by atoms with Crippen LogP contribution < -0.4 is 5.69 Å². The monoisotopic (exact) mass is 258 g/mol. The van der Waals surface area contributed by atoms with Crippen LogP contribution in [0.5, 0.6) is 0 Å². The molecule has 0 spiro atoms. The normalized spacial score (nSPS) is 17.2. The maximum atomic E-state index is 12.2. The van der Waals surface area contributed by atoms with Gasteiger partial charge in [0.25, 0.3) is 5.91 Å². The first-order valence-corrected chi connectivity index (χ1v) is 6.16. The number of H-pyrrole nitrogens is 2. The van der Waals surface area contributed by atoms with E-state index in [1.165, 1.54) is 11.1 Å². The fraction of sp³-hybridized carbons (Fsp3) is 0.308. The summed E-state index contributed by atoms with van der Waals surface area (Å²) in [6.07, 6.45) is 1.87. The molecule has 19 heavy (non-hydrogen) atoms. The minimum atomic E-state index is -0.469. The van der Waals surface area contributed by atoms with Gasteiger partial charge in [0.1, 0.15) is 0 Å². The summed E-state index contributed by atoms with van der Waals surface area (Å²) in [5, 5.41) is 5.89. The fourth-order valence-corrected chi connectivity index (χ4v) is 2.62. The molecule has 1 aliphatic rings. The summed E-state index contributed by atoms with van der Waals surface area (Å²) in [6.45, 7) is 0. The molecule has 1 aromatic heterocycles. The average Bonchev–Trinajstić information content (AvgIpc) is 3.03. The Morgan fingerprint density at radius 3 is 2.95 bits per heavy atom. The van der Waals surface area contributed by atoms with Crippen molar-refractivity contribution < 1.29 is 4.79 Å². The second-order valence-electron chi connectivity index (χ2n) is 4.70. The molecule has 1 aromatic carbocycles. The highest BCUT2D eigenvalue weighted by molar-refractivity contribution is 5.90. The van der Waals surface area contributed by atoms with E-state index in [4.69, 9.17) is 0 Å². The van der Waals surface area contributed by atoms with Crippen molar-refractivity contribution in [3.63, 3.8) is 0 Å². The summed E-state index contributed by atoms with van der Waals surface area (Å²) >= 11 is 0. The number of carbonyl (C=O) groups is 1. The maximum absolute atomic E-state index is 12.2. The molecule has 0 saturated heterocycles. The molecule has 2 N–H and O–H groups in total. The van der Waals surface area contributed by atoms with Crippen LogP contribution >= 0.6 is 0 Å². The standard InChI is InChI=1S/C13H14N4O2/c1-17(12(18)11-14-13(19)16-15-11)10-7-6-8-4-2-3-5-9(8)10/h2-5,10H,6-7H2,1H3,(H2,14,15,16,19)/t10-/m0/s1. The number of aryl methyl sites for hydroxylation is 1. The van der Waals surface area contributed by atoms with E-state index in [2.05, 4.69) is 21.2 Å². The molecule has 0 fully saturated rings. The zero-order valence-corrected chi connectivity index (χ0v) is 10.5. The Kier molecular flexibility index (Phi) is 2.70. The first-order valence-electron chi connectivity index (χ1n) is 6.16. The van der Waals surface area contributed by atoms with Crippen molar-refractivity contribution in [3.8, 4) is 0 Å². The first kappa shape index (κ1) is 11.7. The van der Waals surface area contributed by atoms with Crippen molar-refractivity contribution in [1.82, 2.24) is 20.1 Å². The summed E-state index contributed by atoms with van der Waals surface area (Å²) in [5.41, 5.74) is 1.99. The van der Waals surface area contributed by atoms with Crippen LogP contribution in [-0.2, 0) is 6.42 Å². The molecule has 0 bridgehead atoms. The minimum absolute atomic E-state index is 0.0453. The average molecular weight is 258 g/mol. The molecule has 98 valence electrons. The Morgan fingerprint density at radius 1 is 1.42 bits per heavy atom. The van der Waals surface area contributed by atoms with Crippen molar-refractivity contribution >= 4 is 5.91 Å². The highest BCUT2D eigenvalue weighted by Gasteiger charge is 2.29. The first-order chi connectivity index (χ1) is 9.16. The van der Waals surface area contributed by atoms with Crippen molar-refractivity contribution in [2.24, 2.45) is 0 Å². The Balaban J connectivity index is 1.88. The lowest BCUT2D eigenvalue weighted by molar-refractivity contribution is 0.0718. The third-order valence-corrected chi connectivity index (χ3v) is 3.59. The van der Waals surface area contributed by atoms with Gasteiger partial charge in [0.15, 0.2) is 0 Å². The molecule has 0 aliphatic heterocycles. The highest BCUT2D eigenvalue weighted by Crippen LogP contribution is 2.35. The number of nitrogens with one attached hydrogen (secondary N) is 2. The van der Waals surface area contributed by atoms with Gasteiger partial charge in [-0.1, -0.05) is 24.3 Å². The van der Waals surface area contributed by atoms with E-state index >= 15 is 0 Å². The lowest BCUT2D eigenvalue weighted by Crippen LogP contribution is -2.31. The van der Waals surface area contributed by atoms with Crippen LogP contribution in [0.15, 0.2) is 29.1 Å². The van der Waals surface area contributed by atoms with Crippen LogP contribution in [0.1, 0.15) is 34.2 Å². The topological polar surface area (TPSA) is 81.8 Å². The molecule has 0 unspecified atom stereocenters. The summed E-state index contributed by atoms with van der Waals surface area (Å²) < 4.78 is 0. The zero-order chi connectivity index (χ0) is 13.4. The molecule has 1 heterocycles. The largest absolute Gasteiger partial charge is 0.341 e. The third kappa shape index (κ3) is 1.95. The number of nitrogens with zero attached hydrogens (tertiary/aromatic N) is 2. The van der Waals surface area contributed by atoms with E-state index in [0.717, 1.165) is 12.8 Å².